The lowest BCUT2D eigenvalue weighted by atomic mass is 9.82. The summed E-state index contributed by atoms with van der Waals surface area (Å²) in [6.07, 6.45) is 3.96. The molecular weight excluding hydrogens is 398 g/mol. The fraction of sp³-hybridized carbons (Fsp3) is 0.348. The first-order chi connectivity index (χ1) is 15.0. The normalized spacial score (nSPS) is 17.4. The van der Waals surface area contributed by atoms with E-state index in [4.69, 9.17) is 9.47 Å². The SMILES string of the molecule is COc1cc(C(=O)NN2C(=O)NC3(CCCCC3)C2=O)ccc1OCc1ccccc1. The maximum Gasteiger partial charge on any atom is 0.344 e. The molecule has 0 aromatic heterocycles. The molecule has 162 valence electrons. The monoisotopic (exact) mass is 423 g/mol. The summed E-state index contributed by atoms with van der Waals surface area (Å²) in [5.74, 6) is -0.117. The number of rotatable bonds is 6. The second-order valence-electron chi connectivity index (χ2n) is 7.79. The summed E-state index contributed by atoms with van der Waals surface area (Å²) in [6.45, 7) is 0.354. The Balaban J connectivity index is 1.45. The molecule has 8 nitrogen and oxygen atoms in total. The van der Waals surface area contributed by atoms with E-state index in [0.29, 0.717) is 30.9 Å². The van der Waals surface area contributed by atoms with Gasteiger partial charge in [0, 0.05) is 5.56 Å². The van der Waals surface area contributed by atoms with Crippen molar-refractivity contribution < 1.29 is 23.9 Å². The van der Waals surface area contributed by atoms with Gasteiger partial charge in [0.25, 0.3) is 11.8 Å². The highest BCUT2D eigenvalue weighted by Gasteiger charge is 2.52. The van der Waals surface area contributed by atoms with Gasteiger partial charge >= 0.3 is 6.03 Å². The lowest BCUT2D eigenvalue weighted by molar-refractivity contribution is -0.134. The topological polar surface area (TPSA) is 97.0 Å². The lowest BCUT2D eigenvalue weighted by Crippen LogP contribution is -2.50. The molecule has 0 unspecified atom stereocenters. The number of methoxy groups -OCH3 is 1. The van der Waals surface area contributed by atoms with Crippen molar-refractivity contribution in [2.75, 3.05) is 7.11 Å². The van der Waals surface area contributed by atoms with Gasteiger partial charge in [-0.15, -0.1) is 0 Å². The minimum absolute atomic E-state index is 0.245. The second-order valence-corrected chi connectivity index (χ2v) is 7.79. The minimum atomic E-state index is -0.893. The molecule has 4 rings (SSSR count). The first kappa shape index (κ1) is 20.7. The van der Waals surface area contributed by atoms with Crippen LogP contribution in [0.15, 0.2) is 48.5 Å². The van der Waals surface area contributed by atoms with Crippen LogP contribution in [0, 0.1) is 0 Å². The van der Waals surface area contributed by atoms with E-state index in [9.17, 15) is 14.4 Å². The van der Waals surface area contributed by atoms with Crippen molar-refractivity contribution in [2.24, 2.45) is 0 Å². The number of carbonyl (C=O) groups excluding carboxylic acids is 3. The van der Waals surface area contributed by atoms with Gasteiger partial charge in [0.2, 0.25) is 0 Å². The molecule has 2 N–H and O–H groups in total. The van der Waals surface area contributed by atoms with E-state index in [2.05, 4.69) is 10.7 Å². The fourth-order valence-corrected chi connectivity index (χ4v) is 4.05. The van der Waals surface area contributed by atoms with Gasteiger partial charge in [-0.05, 0) is 36.6 Å². The largest absolute Gasteiger partial charge is 0.493 e. The Kier molecular flexibility index (Phi) is 5.79. The molecule has 0 radical (unpaired) electrons. The van der Waals surface area contributed by atoms with Gasteiger partial charge in [-0.2, -0.15) is 5.01 Å². The van der Waals surface area contributed by atoms with Gasteiger partial charge in [-0.1, -0.05) is 49.6 Å². The molecule has 8 heteroatoms. The number of urea groups is 1. The highest BCUT2D eigenvalue weighted by atomic mass is 16.5. The summed E-state index contributed by atoms with van der Waals surface area (Å²) in [5, 5.41) is 3.56. The number of nitrogens with zero attached hydrogens (tertiary/aromatic N) is 1. The number of hydrogen-bond donors (Lipinski definition) is 2. The zero-order valence-corrected chi connectivity index (χ0v) is 17.3. The highest BCUT2D eigenvalue weighted by molar-refractivity contribution is 6.09. The molecule has 0 bridgehead atoms. The predicted octanol–water partition coefficient (Wildman–Crippen LogP) is 3.17. The van der Waals surface area contributed by atoms with Gasteiger partial charge in [0.1, 0.15) is 12.1 Å². The number of nitrogens with one attached hydrogen (secondary N) is 2. The van der Waals surface area contributed by atoms with E-state index in [1.54, 1.807) is 12.1 Å². The summed E-state index contributed by atoms with van der Waals surface area (Å²) in [6, 6.07) is 13.8. The molecular formula is C23H25N3O5. The third kappa shape index (κ3) is 4.19. The zero-order chi connectivity index (χ0) is 21.8. The van der Waals surface area contributed by atoms with Crippen molar-refractivity contribution in [1.29, 1.82) is 0 Å². The first-order valence-corrected chi connectivity index (χ1v) is 10.3. The predicted molar refractivity (Wildman–Crippen MR) is 112 cm³/mol. The van der Waals surface area contributed by atoms with Crippen molar-refractivity contribution in [2.45, 2.75) is 44.2 Å². The van der Waals surface area contributed by atoms with Gasteiger partial charge in [0.15, 0.2) is 11.5 Å². The molecule has 1 spiro atoms. The molecule has 4 amide bonds. The maximum absolute atomic E-state index is 12.8. The third-order valence-corrected chi connectivity index (χ3v) is 5.75. The van der Waals surface area contributed by atoms with Crippen LogP contribution < -0.4 is 20.2 Å². The van der Waals surface area contributed by atoms with Crippen molar-refractivity contribution in [1.82, 2.24) is 15.8 Å². The summed E-state index contributed by atoms with van der Waals surface area (Å²) in [5.41, 5.74) is 2.78. The van der Waals surface area contributed by atoms with E-state index >= 15 is 0 Å². The zero-order valence-electron chi connectivity index (χ0n) is 17.3. The van der Waals surface area contributed by atoms with E-state index < -0.39 is 23.4 Å². The average molecular weight is 423 g/mol. The Morgan fingerprint density at radius 3 is 2.52 bits per heavy atom. The maximum atomic E-state index is 12.8. The lowest BCUT2D eigenvalue weighted by Gasteiger charge is -2.30. The van der Waals surface area contributed by atoms with Crippen LogP contribution >= 0.6 is 0 Å². The van der Waals surface area contributed by atoms with Crippen molar-refractivity contribution in [3.05, 3.63) is 59.7 Å². The Labute approximate surface area is 180 Å². The summed E-state index contributed by atoms with van der Waals surface area (Å²) in [4.78, 5) is 37.9. The summed E-state index contributed by atoms with van der Waals surface area (Å²) >= 11 is 0. The Bertz CT molecular complexity index is 986. The summed E-state index contributed by atoms with van der Waals surface area (Å²) in [7, 11) is 1.48. The van der Waals surface area contributed by atoms with Crippen LogP contribution in [0.4, 0.5) is 4.79 Å². The standard InChI is InChI=1S/C23H25N3O5/c1-30-19-14-17(10-11-18(19)31-15-16-8-4-2-5-9-16)20(27)25-26-21(28)23(24-22(26)29)12-6-3-7-13-23/h2,4-5,8-11,14H,3,6-7,12-13,15H2,1H3,(H,24,29)(H,25,27). The quantitative estimate of drug-likeness (QED) is 0.696. The number of ether oxygens (including phenoxy) is 2. The highest BCUT2D eigenvalue weighted by Crippen LogP contribution is 2.33. The number of hydrazine groups is 1. The smallest absolute Gasteiger partial charge is 0.344 e. The van der Waals surface area contributed by atoms with Gasteiger partial charge in [-0.25, -0.2) is 4.79 Å². The molecule has 1 aliphatic carbocycles. The Morgan fingerprint density at radius 1 is 1.06 bits per heavy atom. The third-order valence-electron chi connectivity index (χ3n) is 5.75. The van der Waals surface area contributed by atoms with Gasteiger partial charge in [0.05, 0.1) is 7.11 Å². The number of carbonyl (C=O) groups is 3. The van der Waals surface area contributed by atoms with Crippen LogP contribution in [0.2, 0.25) is 0 Å². The summed E-state index contributed by atoms with van der Waals surface area (Å²) < 4.78 is 11.2. The average Bonchev–Trinajstić information content (AvgIpc) is 3.02. The van der Waals surface area contributed by atoms with E-state index in [0.717, 1.165) is 29.8 Å². The number of benzene rings is 2. The van der Waals surface area contributed by atoms with Crippen LogP contribution in [0.3, 0.4) is 0 Å². The molecule has 1 saturated heterocycles. The van der Waals surface area contributed by atoms with E-state index in [1.807, 2.05) is 30.3 Å². The van der Waals surface area contributed by atoms with Crippen molar-refractivity contribution in [3.63, 3.8) is 0 Å². The Hall–Kier alpha value is -3.55. The number of imide groups is 1. The molecule has 31 heavy (non-hydrogen) atoms. The molecule has 1 heterocycles. The number of hydrogen-bond acceptors (Lipinski definition) is 5. The molecule has 1 aliphatic heterocycles. The van der Waals surface area contributed by atoms with Crippen LogP contribution in [-0.4, -0.2) is 35.5 Å². The molecule has 2 aliphatic rings. The van der Waals surface area contributed by atoms with Gasteiger partial charge in [-0.3, -0.25) is 15.0 Å². The van der Waals surface area contributed by atoms with Gasteiger partial charge < -0.3 is 14.8 Å². The van der Waals surface area contributed by atoms with Crippen LogP contribution in [0.25, 0.3) is 0 Å². The van der Waals surface area contributed by atoms with Crippen LogP contribution in [-0.2, 0) is 11.4 Å². The van der Waals surface area contributed by atoms with Crippen LogP contribution in [0.1, 0.15) is 48.0 Å². The fourth-order valence-electron chi connectivity index (χ4n) is 4.05. The van der Waals surface area contributed by atoms with Crippen molar-refractivity contribution >= 4 is 17.8 Å². The Morgan fingerprint density at radius 2 is 1.81 bits per heavy atom. The minimum Gasteiger partial charge on any atom is -0.493 e. The molecule has 2 aromatic rings. The van der Waals surface area contributed by atoms with Crippen molar-refractivity contribution in [3.8, 4) is 11.5 Å². The molecule has 2 aromatic carbocycles. The first-order valence-electron chi connectivity index (χ1n) is 10.3. The molecule has 1 saturated carbocycles. The van der Waals surface area contributed by atoms with Crippen LogP contribution in [0.5, 0.6) is 11.5 Å². The molecule has 2 fully saturated rings. The second kappa shape index (κ2) is 8.67. The van der Waals surface area contributed by atoms with E-state index in [1.165, 1.54) is 13.2 Å². The van der Waals surface area contributed by atoms with E-state index in [-0.39, 0.29) is 5.56 Å². The molecule has 0 atom stereocenters. The number of amides is 4.